The molecule has 1 heterocycles. The van der Waals surface area contributed by atoms with Gasteiger partial charge in [0.2, 0.25) is 0 Å². The highest BCUT2D eigenvalue weighted by atomic mass is 32.1. The zero-order chi connectivity index (χ0) is 13.8. The van der Waals surface area contributed by atoms with E-state index in [1.807, 2.05) is 18.2 Å². The minimum Gasteiger partial charge on any atom is -0.389 e. The van der Waals surface area contributed by atoms with Gasteiger partial charge in [-0.25, -0.2) is 4.79 Å². The standard InChI is InChI=1S/C13H17N3O2S/c1-16(13(17)15-10-5-6-18-8-10)11-4-2-3-9(7-11)12(14)19/h2-4,7,10H,5-6,8H2,1H3,(H2,14,19)(H,15,17). The normalized spacial score (nSPS) is 18.1. The van der Waals surface area contributed by atoms with Crippen LogP contribution in [0.4, 0.5) is 10.5 Å². The molecule has 1 aromatic rings. The maximum absolute atomic E-state index is 12.1. The van der Waals surface area contributed by atoms with Gasteiger partial charge in [0.1, 0.15) is 4.99 Å². The van der Waals surface area contributed by atoms with Gasteiger partial charge in [-0.05, 0) is 18.6 Å². The van der Waals surface area contributed by atoms with Gasteiger partial charge in [-0.1, -0.05) is 24.4 Å². The number of urea groups is 1. The number of thiocarbonyl (C=S) groups is 1. The molecule has 0 spiro atoms. The third-order valence-corrected chi connectivity index (χ3v) is 3.32. The fraction of sp³-hybridized carbons (Fsp3) is 0.385. The summed E-state index contributed by atoms with van der Waals surface area (Å²) < 4.78 is 5.23. The second-order valence-corrected chi connectivity index (χ2v) is 4.92. The number of ether oxygens (including phenoxy) is 1. The Kier molecular flexibility index (Phi) is 4.34. The van der Waals surface area contributed by atoms with Crippen LogP contribution in [-0.2, 0) is 4.74 Å². The van der Waals surface area contributed by atoms with Crippen molar-refractivity contribution in [1.29, 1.82) is 0 Å². The van der Waals surface area contributed by atoms with Crippen molar-refractivity contribution in [3.05, 3.63) is 29.8 Å². The van der Waals surface area contributed by atoms with E-state index in [9.17, 15) is 4.79 Å². The lowest BCUT2D eigenvalue weighted by Crippen LogP contribution is -2.43. The quantitative estimate of drug-likeness (QED) is 0.817. The third kappa shape index (κ3) is 3.42. The van der Waals surface area contributed by atoms with E-state index in [2.05, 4.69) is 5.32 Å². The van der Waals surface area contributed by atoms with E-state index in [0.29, 0.717) is 18.2 Å². The Bertz CT molecular complexity index is 487. The molecule has 1 atom stereocenters. The van der Waals surface area contributed by atoms with E-state index in [0.717, 1.165) is 17.7 Å². The smallest absolute Gasteiger partial charge is 0.321 e. The first kappa shape index (κ1) is 13.8. The van der Waals surface area contributed by atoms with Crippen LogP contribution in [0.3, 0.4) is 0 Å². The summed E-state index contributed by atoms with van der Waals surface area (Å²) in [6.45, 7) is 1.28. The summed E-state index contributed by atoms with van der Waals surface area (Å²) in [7, 11) is 1.71. The highest BCUT2D eigenvalue weighted by molar-refractivity contribution is 7.80. The van der Waals surface area contributed by atoms with Crippen LogP contribution in [0.25, 0.3) is 0 Å². The summed E-state index contributed by atoms with van der Waals surface area (Å²) in [6, 6.07) is 7.22. The Hall–Kier alpha value is -1.66. The lowest BCUT2D eigenvalue weighted by atomic mass is 10.2. The molecule has 0 bridgehead atoms. The van der Waals surface area contributed by atoms with Crippen molar-refractivity contribution in [3.63, 3.8) is 0 Å². The first-order valence-corrected chi connectivity index (χ1v) is 6.50. The van der Waals surface area contributed by atoms with Crippen molar-refractivity contribution < 1.29 is 9.53 Å². The SMILES string of the molecule is CN(C(=O)NC1CCOC1)c1cccc(C(N)=S)c1. The van der Waals surface area contributed by atoms with E-state index in [-0.39, 0.29) is 12.1 Å². The molecule has 5 nitrogen and oxygen atoms in total. The molecule has 1 unspecified atom stereocenters. The fourth-order valence-corrected chi connectivity index (χ4v) is 2.03. The minimum atomic E-state index is -0.157. The lowest BCUT2D eigenvalue weighted by molar-refractivity contribution is 0.189. The monoisotopic (exact) mass is 279 g/mol. The van der Waals surface area contributed by atoms with E-state index in [1.54, 1.807) is 18.0 Å². The largest absolute Gasteiger partial charge is 0.389 e. The van der Waals surface area contributed by atoms with Crippen molar-refractivity contribution in [2.45, 2.75) is 12.5 Å². The van der Waals surface area contributed by atoms with Crippen molar-refractivity contribution in [3.8, 4) is 0 Å². The number of nitrogens with one attached hydrogen (secondary N) is 1. The van der Waals surface area contributed by atoms with Crippen molar-refractivity contribution in [2.24, 2.45) is 5.73 Å². The molecule has 1 aliphatic rings. The van der Waals surface area contributed by atoms with Crippen LogP contribution < -0.4 is 16.0 Å². The van der Waals surface area contributed by atoms with Gasteiger partial charge in [0.05, 0.1) is 12.6 Å². The molecule has 1 saturated heterocycles. The Morgan fingerprint density at radius 1 is 1.58 bits per heavy atom. The van der Waals surface area contributed by atoms with Crippen molar-refractivity contribution in [1.82, 2.24) is 5.32 Å². The number of nitrogens with zero attached hydrogens (tertiary/aromatic N) is 1. The number of anilines is 1. The van der Waals surface area contributed by atoms with Gasteiger partial charge < -0.3 is 15.8 Å². The number of nitrogens with two attached hydrogens (primary N) is 1. The number of benzene rings is 1. The summed E-state index contributed by atoms with van der Waals surface area (Å²) in [6.07, 6.45) is 0.854. The summed E-state index contributed by atoms with van der Waals surface area (Å²) >= 11 is 4.93. The molecule has 2 amide bonds. The van der Waals surface area contributed by atoms with Crippen LogP contribution in [0.5, 0.6) is 0 Å². The Morgan fingerprint density at radius 2 is 2.37 bits per heavy atom. The molecular weight excluding hydrogens is 262 g/mol. The van der Waals surface area contributed by atoms with E-state index in [1.165, 1.54) is 0 Å². The summed E-state index contributed by atoms with van der Waals surface area (Å²) in [5, 5.41) is 2.92. The first-order chi connectivity index (χ1) is 9.08. The molecule has 2 rings (SSSR count). The number of carbonyl (C=O) groups is 1. The molecule has 1 aromatic carbocycles. The average Bonchev–Trinajstić information content (AvgIpc) is 2.90. The van der Waals surface area contributed by atoms with Gasteiger partial charge >= 0.3 is 6.03 Å². The molecule has 19 heavy (non-hydrogen) atoms. The molecule has 0 radical (unpaired) electrons. The topological polar surface area (TPSA) is 67.6 Å². The molecular formula is C13H17N3O2S. The molecule has 1 fully saturated rings. The molecule has 1 aliphatic heterocycles. The maximum atomic E-state index is 12.1. The Balaban J connectivity index is 2.05. The van der Waals surface area contributed by atoms with Gasteiger partial charge in [0.15, 0.2) is 0 Å². The minimum absolute atomic E-state index is 0.0914. The summed E-state index contributed by atoms with van der Waals surface area (Å²) in [4.78, 5) is 13.9. The number of carbonyl (C=O) groups excluding carboxylic acids is 1. The first-order valence-electron chi connectivity index (χ1n) is 6.10. The zero-order valence-corrected chi connectivity index (χ0v) is 11.6. The molecule has 102 valence electrons. The van der Waals surface area contributed by atoms with Crippen LogP contribution in [-0.4, -0.2) is 37.3 Å². The zero-order valence-electron chi connectivity index (χ0n) is 10.8. The predicted molar refractivity (Wildman–Crippen MR) is 78.5 cm³/mol. The van der Waals surface area contributed by atoms with Crippen LogP contribution in [0.2, 0.25) is 0 Å². The van der Waals surface area contributed by atoms with Gasteiger partial charge in [-0.15, -0.1) is 0 Å². The predicted octanol–water partition coefficient (Wildman–Crippen LogP) is 1.26. The van der Waals surface area contributed by atoms with Gasteiger partial charge in [0.25, 0.3) is 0 Å². The van der Waals surface area contributed by atoms with Crippen LogP contribution in [0.1, 0.15) is 12.0 Å². The fourth-order valence-electron chi connectivity index (χ4n) is 1.90. The molecule has 6 heteroatoms. The molecule has 0 aromatic heterocycles. The summed E-state index contributed by atoms with van der Waals surface area (Å²) in [5.74, 6) is 0. The molecule has 3 N–H and O–H groups in total. The van der Waals surface area contributed by atoms with E-state index in [4.69, 9.17) is 22.7 Å². The van der Waals surface area contributed by atoms with Crippen LogP contribution in [0, 0.1) is 0 Å². The number of hydrogen-bond donors (Lipinski definition) is 2. The Labute approximate surface area is 117 Å². The van der Waals surface area contributed by atoms with Crippen molar-refractivity contribution in [2.75, 3.05) is 25.2 Å². The highest BCUT2D eigenvalue weighted by Crippen LogP contribution is 2.15. The number of hydrogen-bond acceptors (Lipinski definition) is 3. The lowest BCUT2D eigenvalue weighted by Gasteiger charge is -2.21. The average molecular weight is 279 g/mol. The molecule has 0 aliphatic carbocycles. The maximum Gasteiger partial charge on any atom is 0.321 e. The van der Waals surface area contributed by atoms with Gasteiger partial charge in [-0.3, -0.25) is 4.90 Å². The summed E-state index contributed by atoms with van der Waals surface area (Å²) in [5.41, 5.74) is 7.08. The number of amides is 2. The Morgan fingerprint density at radius 3 is 3.00 bits per heavy atom. The van der Waals surface area contributed by atoms with Gasteiger partial charge in [-0.2, -0.15) is 0 Å². The highest BCUT2D eigenvalue weighted by Gasteiger charge is 2.20. The second-order valence-electron chi connectivity index (χ2n) is 4.48. The van der Waals surface area contributed by atoms with E-state index < -0.39 is 0 Å². The van der Waals surface area contributed by atoms with E-state index >= 15 is 0 Å². The molecule has 0 saturated carbocycles. The van der Waals surface area contributed by atoms with Crippen LogP contribution in [0.15, 0.2) is 24.3 Å². The van der Waals surface area contributed by atoms with Crippen LogP contribution >= 0.6 is 12.2 Å². The van der Waals surface area contributed by atoms with Crippen molar-refractivity contribution >= 4 is 28.9 Å². The van der Waals surface area contributed by atoms with Gasteiger partial charge in [0, 0.05) is 24.9 Å². The number of rotatable bonds is 3. The second kappa shape index (κ2) is 5.99. The third-order valence-electron chi connectivity index (χ3n) is 3.08.